The van der Waals surface area contributed by atoms with Crippen LogP contribution in [0.25, 0.3) is 0 Å². The summed E-state index contributed by atoms with van der Waals surface area (Å²) < 4.78 is 81.8. The fraction of sp³-hybridized carbons (Fsp3) is 0.250. The Labute approximate surface area is 127 Å². The van der Waals surface area contributed by atoms with Crippen molar-refractivity contribution in [2.75, 3.05) is 5.08 Å². The molecule has 0 radical (unpaired) electrons. The molecule has 0 saturated carbocycles. The van der Waals surface area contributed by atoms with Crippen LogP contribution >= 0.6 is 34.8 Å². The number of hydrogen-bond donors (Lipinski definition) is 0. The normalized spacial score (nSPS) is 13.5. The molecule has 12 heteroatoms. The van der Waals surface area contributed by atoms with Crippen LogP contribution in [0.2, 0.25) is 15.1 Å². The Balaban J connectivity index is 3.37. The van der Waals surface area contributed by atoms with Gasteiger partial charge in [-0.15, -0.1) is 0 Å². The van der Waals surface area contributed by atoms with E-state index in [2.05, 4.69) is 0 Å². The Morgan fingerprint density at radius 2 is 1.35 bits per heavy atom. The highest BCUT2D eigenvalue weighted by Crippen LogP contribution is 2.34. The molecule has 0 bridgehead atoms. The first-order valence-corrected chi connectivity index (χ1v) is 8.88. The van der Waals surface area contributed by atoms with Crippen LogP contribution in [0.3, 0.4) is 0 Å². The Morgan fingerprint density at radius 1 is 0.900 bits per heavy atom. The average molecular weight is 392 g/mol. The second kappa shape index (κ2) is 5.53. The molecule has 0 aliphatic heterocycles. The molecular weight excluding hydrogens is 388 g/mol. The molecule has 4 nitrogen and oxygen atoms in total. The van der Waals surface area contributed by atoms with Gasteiger partial charge in [-0.25, -0.2) is 16.8 Å². The second-order valence-electron chi connectivity index (χ2n) is 3.49. The van der Waals surface area contributed by atoms with E-state index >= 15 is 0 Å². The molecule has 1 aromatic rings. The molecule has 0 heterocycles. The van der Waals surface area contributed by atoms with Crippen molar-refractivity contribution in [1.29, 1.82) is 0 Å². The van der Waals surface area contributed by atoms with Crippen molar-refractivity contribution < 1.29 is 30.0 Å². The SMILES string of the molecule is O=S(=O)(CS(=O)(=O)C(F)(F)F)c1cc(Cl)c(Cl)cc1Cl. The lowest BCUT2D eigenvalue weighted by molar-refractivity contribution is -0.0431. The van der Waals surface area contributed by atoms with Gasteiger partial charge in [-0.1, -0.05) is 34.8 Å². The molecule has 20 heavy (non-hydrogen) atoms. The number of halogens is 6. The summed E-state index contributed by atoms with van der Waals surface area (Å²) in [6, 6.07) is 1.58. The topological polar surface area (TPSA) is 68.3 Å². The van der Waals surface area contributed by atoms with Crippen molar-refractivity contribution in [2.45, 2.75) is 10.4 Å². The molecule has 1 rings (SSSR count). The lowest BCUT2D eigenvalue weighted by Gasteiger charge is -2.10. The summed E-state index contributed by atoms with van der Waals surface area (Å²) in [5.41, 5.74) is -5.69. The summed E-state index contributed by atoms with van der Waals surface area (Å²) in [5, 5.41) is -3.12. The Hall–Kier alpha value is -0.220. The number of rotatable bonds is 3. The van der Waals surface area contributed by atoms with E-state index in [-0.39, 0.29) is 10.0 Å². The molecule has 0 amide bonds. The van der Waals surface area contributed by atoms with E-state index in [1.165, 1.54) is 0 Å². The molecule has 0 fully saturated rings. The third-order valence-electron chi connectivity index (χ3n) is 1.97. The third-order valence-corrected chi connectivity index (χ3v) is 7.32. The lowest BCUT2D eigenvalue weighted by Crippen LogP contribution is -2.30. The number of hydrogen-bond acceptors (Lipinski definition) is 4. The zero-order valence-corrected chi connectivity index (χ0v) is 13.0. The van der Waals surface area contributed by atoms with Crippen LogP contribution in [0.5, 0.6) is 0 Å². The minimum atomic E-state index is -5.87. The fourth-order valence-corrected chi connectivity index (χ4v) is 5.37. The molecule has 1 aromatic carbocycles. The van der Waals surface area contributed by atoms with Crippen molar-refractivity contribution in [1.82, 2.24) is 0 Å². The first-order valence-electron chi connectivity index (χ1n) is 4.44. The van der Waals surface area contributed by atoms with E-state index in [9.17, 15) is 30.0 Å². The summed E-state index contributed by atoms with van der Waals surface area (Å²) in [5.74, 6) is 0. The molecule has 0 unspecified atom stereocenters. The van der Waals surface area contributed by atoms with Crippen LogP contribution in [0.4, 0.5) is 13.2 Å². The summed E-state index contributed by atoms with van der Waals surface area (Å²) >= 11 is 16.6. The van der Waals surface area contributed by atoms with Crippen LogP contribution in [0.1, 0.15) is 0 Å². The highest BCUT2D eigenvalue weighted by atomic mass is 35.5. The molecule has 0 N–H and O–H groups in total. The van der Waals surface area contributed by atoms with Crippen LogP contribution in [-0.2, 0) is 19.7 Å². The Kier molecular flexibility index (Phi) is 4.93. The standard InChI is InChI=1S/C8H4Cl3F3O4S2/c9-4-1-6(11)7(2-5(4)10)19(15,16)3-20(17,18)8(12,13)14/h1-2H,3H2. The van der Waals surface area contributed by atoms with E-state index in [1.807, 2.05) is 0 Å². The maximum Gasteiger partial charge on any atom is 0.498 e. The zero-order chi connectivity index (χ0) is 15.9. The van der Waals surface area contributed by atoms with Gasteiger partial charge in [0.05, 0.1) is 20.0 Å². The van der Waals surface area contributed by atoms with Crippen molar-refractivity contribution >= 4 is 54.5 Å². The van der Waals surface area contributed by atoms with Gasteiger partial charge in [0.2, 0.25) is 0 Å². The monoisotopic (exact) mass is 390 g/mol. The van der Waals surface area contributed by atoms with Crippen molar-refractivity contribution in [3.05, 3.63) is 27.2 Å². The highest BCUT2D eigenvalue weighted by molar-refractivity contribution is 8.08. The third kappa shape index (κ3) is 3.70. The summed E-state index contributed by atoms with van der Waals surface area (Å²) in [6.07, 6.45) is 0. The largest absolute Gasteiger partial charge is 0.498 e. The number of sulfone groups is 2. The van der Waals surface area contributed by atoms with Crippen molar-refractivity contribution in [3.8, 4) is 0 Å². The van der Waals surface area contributed by atoms with E-state index in [0.717, 1.165) is 6.07 Å². The maximum absolute atomic E-state index is 12.2. The highest BCUT2D eigenvalue weighted by Gasteiger charge is 2.48. The first-order chi connectivity index (χ1) is 8.78. The molecule has 0 aromatic heterocycles. The summed E-state index contributed by atoms with van der Waals surface area (Å²) in [7, 11) is -10.7. The minimum absolute atomic E-state index is 0.130. The fourth-order valence-electron chi connectivity index (χ4n) is 1.08. The van der Waals surface area contributed by atoms with Crippen molar-refractivity contribution in [2.24, 2.45) is 0 Å². The zero-order valence-electron chi connectivity index (χ0n) is 9.08. The molecule has 0 aliphatic rings. The van der Waals surface area contributed by atoms with Crippen LogP contribution in [0.15, 0.2) is 17.0 Å². The van der Waals surface area contributed by atoms with Gasteiger partial charge in [0.1, 0.15) is 0 Å². The first kappa shape index (κ1) is 17.8. The minimum Gasteiger partial charge on any atom is -0.223 e. The number of benzene rings is 1. The summed E-state index contributed by atoms with van der Waals surface area (Å²) in [4.78, 5) is -0.846. The quantitative estimate of drug-likeness (QED) is 0.741. The van der Waals surface area contributed by atoms with Gasteiger partial charge < -0.3 is 0 Å². The van der Waals surface area contributed by atoms with Gasteiger partial charge in [-0.05, 0) is 12.1 Å². The van der Waals surface area contributed by atoms with Gasteiger partial charge >= 0.3 is 5.51 Å². The number of alkyl halides is 3. The molecular formula is C8H4Cl3F3O4S2. The van der Waals surface area contributed by atoms with Gasteiger partial charge in [-0.3, -0.25) is 0 Å². The van der Waals surface area contributed by atoms with Crippen molar-refractivity contribution in [3.63, 3.8) is 0 Å². The van der Waals surface area contributed by atoms with Crippen LogP contribution in [-0.4, -0.2) is 27.4 Å². The predicted molar refractivity (Wildman–Crippen MR) is 68.5 cm³/mol. The maximum atomic E-state index is 12.2. The molecule has 114 valence electrons. The molecule has 0 aliphatic carbocycles. The van der Waals surface area contributed by atoms with Gasteiger partial charge in [0, 0.05) is 0 Å². The van der Waals surface area contributed by atoms with Gasteiger partial charge in [0.25, 0.3) is 9.84 Å². The van der Waals surface area contributed by atoms with Crippen LogP contribution < -0.4 is 0 Å². The average Bonchev–Trinajstić information content (AvgIpc) is 2.19. The van der Waals surface area contributed by atoms with E-state index in [0.29, 0.717) is 6.07 Å². The molecule has 0 saturated heterocycles. The Bertz CT molecular complexity index is 741. The van der Waals surface area contributed by atoms with Gasteiger partial charge in [0.15, 0.2) is 14.9 Å². The molecule has 0 atom stereocenters. The van der Waals surface area contributed by atoms with Gasteiger partial charge in [-0.2, -0.15) is 13.2 Å². The summed E-state index contributed by atoms with van der Waals surface area (Å²) in [6.45, 7) is 0. The van der Waals surface area contributed by atoms with E-state index < -0.39 is 40.2 Å². The molecule has 0 spiro atoms. The van der Waals surface area contributed by atoms with E-state index in [1.54, 1.807) is 0 Å². The predicted octanol–water partition coefficient (Wildman–Crippen LogP) is 3.31. The second-order valence-corrected chi connectivity index (χ2v) is 9.02. The van der Waals surface area contributed by atoms with Crippen LogP contribution in [0, 0.1) is 0 Å². The van der Waals surface area contributed by atoms with E-state index in [4.69, 9.17) is 34.8 Å². The lowest BCUT2D eigenvalue weighted by atomic mass is 10.4. The smallest absolute Gasteiger partial charge is 0.223 e. The Morgan fingerprint density at radius 3 is 1.80 bits per heavy atom.